The van der Waals surface area contributed by atoms with Gasteiger partial charge in [-0.05, 0) is 34.8 Å². The maximum Gasteiger partial charge on any atom is 0.274 e. The predicted octanol–water partition coefficient (Wildman–Crippen LogP) is 4.86. The Morgan fingerprint density at radius 1 is 1.39 bits per heavy atom. The fourth-order valence-corrected chi connectivity index (χ4v) is 2.87. The number of rotatable bonds is 4. The van der Waals surface area contributed by atoms with Crippen LogP contribution in [0.15, 0.2) is 16.6 Å². The van der Waals surface area contributed by atoms with Crippen molar-refractivity contribution in [3.8, 4) is 0 Å². The van der Waals surface area contributed by atoms with Crippen LogP contribution in [0.5, 0.6) is 0 Å². The van der Waals surface area contributed by atoms with E-state index in [0.717, 1.165) is 0 Å². The molecule has 2 atom stereocenters. The quantitative estimate of drug-likeness (QED) is 0.447. The lowest BCUT2D eigenvalue weighted by molar-refractivity contribution is -0.385. The normalized spacial score (nSPS) is 14.6. The molecule has 3 nitrogen and oxygen atoms in total. The average Bonchev–Trinajstić information content (AvgIpc) is 2.21. The second kappa shape index (κ2) is 5.97. The molecule has 0 bridgehead atoms. The van der Waals surface area contributed by atoms with Crippen LogP contribution in [0.2, 0.25) is 0 Å². The maximum absolute atomic E-state index is 13.6. The first-order valence-corrected chi connectivity index (χ1v) is 6.76. The monoisotopic (exact) mass is 337 g/mol. The minimum absolute atomic E-state index is 0.0803. The summed E-state index contributed by atoms with van der Waals surface area (Å²) in [5, 5.41) is 10.7. The Kier molecular flexibility index (Phi) is 5.10. The molecular weight excluding hydrogens is 324 g/mol. The average molecular weight is 339 g/mol. The smallest absolute Gasteiger partial charge is 0.258 e. The van der Waals surface area contributed by atoms with E-state index in [1.807, 2.05) is 13.8 Å². The molecule has 1 aromatic carbocycles. The number of benzene rings is 1. The van der Waals surface area contributed by atoms with Crippen LogP contribution in [0.25, 0.3) is 0 Å². The van der Waals surface area contributed by atoms with Crippen LogP contribution in [0.1, 0.15) is 32.3 Å². The largest absolute Gasteiger partial charge is 0.274 e. The van der Waals surface area contributed by atoms with Gasteiger partial charge in [-0.2, -0.15) is 0 Å². The SMILES string of the molecule is CC(C)C(c1cc(F)c(Br)cc1[N+](=O)[O-])C(C)Cl. The van der Waals surface area contributed by atoms with Crippen molar-refractivity contribution < 1.29 is 9.31 Å². The molecule has 0 saturated heterocycles. The number of alkyl halides is 1. The zero-order valence-electron chi connectivity index (χ0n) is 10.3. The molecule has 2 unspecified atom stereocenters. The molecule has 18 heavy (non-hydrogen) atoms. The lowest BCUT2D eigenvalue weighted by atomic mass is 9.85. The summed E-state index contributed by atoms with van der Waals surface area (Å²) in [6.45, 7) is 5.58. The summed E-state index contributed by atoms with van der Waals surface area (Å²) in [5.41, 5.74) is 0.243. The van der Waals surface area contributed by atoms with Crippen molar-refractivity contribution in [2.24, 2.45) is 5.92 Å². The Morgan fingerprint density at radius 3 is 2.33 bits per heavy atom. The van der Waals surface area contributed by atoms with Gasteiger partial charge in [-0.1, -0.05) is 13.8 Å². The molecule has 0 spiro atoms. The van der Waals surface area contributed by atoms with Gasteiger partial charge in [-0.25, -0.2) is 4.39 Å². The minimum atomic E-state index is -0.515. The van der Waals surface area contributed by atoms with Crippen molar-refractivity contribution in [1.82, 2.24) is 0 Å². The molecule has 0 aliphatic rings. The lowest BCUT2D eigenvalue weighted by Crippen LogP contribution is -2.17. The van der Waals surface area contributed by atoms with Crippen LogP contribution in [0.4, 0.5) is 10.1 Å². The number of hydrogen-bond acceptors (Lipinski definition) is 2. The molecular formula is C12H14BrClFNO2. The van der Waals surface area contributed by atoms with Crippen LogP contribution >= 0.6 is 27.5 Å². The van der Waals surface area contributed by atoms with E-state index in [2.05, 4.69) is 15.9 Å². The Labute approximate surface area is 119 Å². The summed E-state index contributed by atoms with van der Waals surface area (Å²) in [4.78, 5) is 10.5. The Balaban J connectivity index is 3.45. The van der Waals surface area contributed by atoms with E-state index in [0.29, 0.717) is 5.56 Å². The van der Waals surface area contributed by atoms with E-state index in [4.69, 9.17) is 11.6 Å². The van der Waals surface area contributed by atoms with Crippen molar-refractivity contribution >= 4 is 33.2 Å². The van der Waals surface area contributed by atoms with E-state index in [9.17, 15) is 14.5 Å². The summed E-state index contributed by atoms with van der Waals surface area (Å²) in [5.74, 6) is -0.704. The molecule has 100 valence electrons. The van der Waals surface area contributed by atoms with Gasteiger partial charge >= 0.3 is 0 Å². The molecule has 0 aromatic heterocycles. The number of hydrogen-bond donors (Lipinski definition) is 0. The zero-order chi connectivity index (χ0) is 14.0. The Hall–Kier alpha value is -0.680. The first-order valence-electron chi connectivity index (χ1n) is 5.53. The van der Waals surface area contributed by atoms with Crippen LogP contribution in [-0.4, -0.2) is 10.3 Å². The Bertz CT molecular complexity index is 458. The third kappa shape index (κ3) is 3.20. The lowest BCUT2D eigenvalue weighted by Gasteiger charge is -2.23. The summed E-state index contributed by atoms with van der Waals surface area (Å²) in [6.07, 6.45) is 0. The maximum atomic E-state index is 13.6. The molecule has 1 aromatic rings. The van der Waals surface area contributed by atoms with Gasteiger partial charge in [0.2, 0.25) is 0 Å². The number of nitrogens with zero attached hydrogens (tertiary/aromatic N) is 1. The third-order valence-electron chi connectivity index (χ3n) is 2.84. The number of nitro benzene ring substituents is 1. The van der Waals surface area contributed by atoms with Gasteiger partial charge in [-0.3, -0.25) is 10.1 Å². The van der Waals surface area contributed by atoms with Crippen molar-refractivity contribution in [1.29, 1.82) is 0 Å². The molecule has 0 N–H and O–H groups in total. The van der Waals surface area contributed by atoms with Crippen LogP contribution < -0.4 is 0 Å². The van der Waals surface area contributed by atoms with Crippen molar-refractivity contribution in [3.05, 3.63) is 38.1 Å². The minimum Gasteiger partial charge on any atom is -0.258 e. The van der Waals surface area contributed by atoms with Crippen molar-refractivity contribution in [2.45, 2.75) is 32.1 Å². The van der Waals surface area contributed by atoms with Gasteiger partial charge in [0.25, 0.3) is 5.69 Å². The standard InChI is InChI=1S/C12H14BrClFNO2/c1-6(2)12(7(3)14)8-4-10(15)9(13)5-11(8)16(17)18/h4-7,12H,1-3H3. The fraction of sp³-hybridized carbons (Fsp3) is 0.500. The molecule has 0 heterocycles. The fourth-order valence-electron chi connectivity index (χ4n) is 2.11. The van der Waals surface area contributed by atoms with Crippen LogP contribution in [0.3, 0.4) is 0 Å². The molecule has 0 aliphatic carbocycles. The summed E-state index contributed by atoms with van der Waals surface area (Å²) in [6, 6.07) is 2.39. The number of nitro groups is 1. The second-order valence-electron chi connectivity index (χ2n) is 4.53. The summed E-state index contributed by atoms with van der Waals surface area (Å²) in [7, 11) is 0. The summed E-state index contributed by atoms with van der Waals surface area (Å²) >= 11 is 9.04. The molecule has 6 heteroatoms. The van der Waals surface area contributed by atoms with Gasteiger partial charge in [0.15, 0.2) is 0 Å². The molecule has 0 radical (unpaired) electrons. The van der Waals surface area contributed by atoms with Crippen LogP contribution in [0, 0.1) is 21.8 Å². The van der Waals surface area contributed by atoms with E-state index in [1.165, 1.54) is 12.1 Å². The molecule has 1 rings (SSSR count). The first kappa shape index (κ1) is 15.4. The highest BCUT2D eigenvalue weighted by atomic mass is 79.9. The highest BCUT2D eigenvalue weighted by molar-refractivity contribution is 9.10. The first-order chi connectivity index (χ1) is 8.25. The molecule has 0 aliphatic heterocycles. The zero-order valence-corrected chi connectivity index (χ0v) is 12.6. The summed E-state index contributed by atoms with van der Waals surface area (Å²) < 4.78 is 13.7. The van der Waals surface area contributed by atoms with Crippen LogP contribution in [-0.2, 0) is 0 Å². The van der Waals surface area contributed by atoms with Gasteiger partial charge in [0.1, 0.15) is 5.82 Å². The highest BCUT2D eigenvalue weighted by Gasteiger charge is 2.29. The van der Waals surface area contributed by atoms with E-state index < -0.39 is 10.7 Å². The van der Waals surface area contributed by atoms with Crippen molar-refractivity contribution in [3.63, 3.8) is 0 Å². The third-order valence-corrected chi connectivity index (χ3v) is 3.72. The Morgan fingerprint density at radius 2 is 1.94 bits per heavy atom. The number of halogens is 3. The van der Waals surface area contributed by atoms with Gasteiger partial charge < -0.3 is 0 Å². The molecule has 0 fully saturated rings. The van der Waals surface area contributed by atoms with E-state index >= 15 is 0 Å². The van der Waals surface area contributed by atoms with E-state index in [-0.39, 0.29) is 27.4 Å². The van der Waals surface area contributed by atoms with Gasteiger partial charge in [0, 0.05) is 22.9 Å². The van der Waals surface area contributed by atoms with Gasteiger partial charge in [0.05, 0.1) is 9.40 Å². The predicted molar refractivity (Wildman–Crippen MR) is 73.6 cm³/mol. The second-order valence-corrected chi connectivity index (χ2v) is 6.07. The van der Waals surface area contributed by atoms with Crippen molar-refractivity contribution in [2.75, 3.05) is 0 Å². The van der Waals surface area contributed by atoms with Gasteiger partial charge in [-0.15, -0.1) is 11.6 Å². The molecule has 0 saturated carbocycles. The highest BCUT2D eigenvalue weighted by Crippen LogP contribution is 2.38. The topological polar surface area (TPSA) is 43.1 Å². The molecule has 0 amide bonds. The van der Waals surface area contributed by atoms with E-state index in [1.54, 1.807) is 6.92 Å².